The Labute approximate surface area is 61.7 Å². The monoisotopic (exact) mass is 156 g/mol. The molecule has 0 bridgehead atoms. The summed E-state index contributed by atoms with van der Waals surface area (Å²) >= 11 is 0. The summed E-state index contributed by atoms with van der Waals surface area (Å²) in [5.41, 5.74) is 0.0393. The molecule has 0 fully saturated rings. The Balaban J connectivity index is 3.15. The first-order valence-electron chi connectivity index (χ1n) is 2.83. The molecule has 0 amide bonds. The van der Waals surface area contributed by atoms with E-state index in [0.717, 1.165) is 6.20 Å². The molecule has 0 radical (unpaired) electrons. The maximum Gasteiger partial charge on any atom is 0.373 e. The molecule has 4 nitrogen and oxygen atoms in total. The fraction of sp³-hybridized carbons (Fsp3) is 0.167. The molecule has 0 aliphatic heterocycles. The summed E-state index contributed by atoms with van der Waals surface area (Å²) in [6.07, 6.45) is 0.839. The van der Waals surface area contributed by atoms with E-state index in [0.29, 0.717) is 0 Å². The van der Waals surface area contributed by atoms with Crippen molar-refractivity contribution in [3.8, 4) is 0 Å². The zero-order valence-corrected chi connectivity index (χ0v) is 5.71. The summed E-state index contributed by atoms with van der Waals surface area (Å²) in [6.45, 7) is 1.38. The lowest BCUT2D eigenvalue weighted by Crippen LogP contribution is -2.05. The third kappa shape index (κ3) is 1.49. The molecule has 1 aromatic rings. The molecule has 0 aromatic carbocycles. The second-order valence-electron chi connectivity index (χ2n) is 1.93. The lowest BCUT2D eigenvalue weighted by molar-refractivity contribution is 0.0683. The number of aromatic carboxylic acids is 1. The minimum Gasteiger partial charge on any atom is -0.475 e. The van der Waals surface area contributed by atoms with Crippen LogP contribution in [0.25, 0.3) is 0 Å². The van der Waals surface area contributed by atoms with Gasteiger partial charge in [-0.05, 0) is 6.92 Å². The highest BCUT2D eigenvalue weighted by Gasteiger charge is 2.07. The molecule has 0 atom stereocenters. The first kappa shape index (κ1) is 7.59. The second-order valence-corrected chi connectivity index (χ2v) is 1.93. The standard InChI is InChI=1S/C6H5FN2O2/c1-3-4(7)2-8-5(9-3)6(10)11/h2H,1H3,(H,10,11). The van der Waals surface area contributed by atoms with Gasteiger partial charge in [-0.25, -0.2) is 19.2 Å². The van der Waals surface area contributed by atoms with Gasteiger partial charge >= 0.3 is 5.97 Å². The van der Waals surface area contributed by atoms with Crippen molar-refractivity contribution in [3.63, 3.8) is 0 Å². The van der Waals surface area contributed by atoms with Crippen LogP contribution in [0.5, 0.6) is 0 Å². The van der Waals surface area contributed by atoms with Gasteiger partial charge in [-0.1, -0.05) is 0 Å². The van der Waals surface area contributed by atoms with Gasteiger partial charge in [0.05, 0.1) is 11.9 Å². The van der Waals surface area contributed by atoms with E-state index >= 15 is 0 Å². The molecule has 58 valence electrons. The van der Waals surface area contributed by atoms with Crippen molar-refractivity contribution in [1.82, 2.24) is 9.97 Å². The van der Waals surface area contributed by atoms with Crippen LogP contribution >= 0.6 is 0 Å². The first-order chi connectivity index (χ1) is 5.11. The van der Waals surface area contributed by atoms with Gasteiger partial charge in [0.1, 0.15) is 0 Å². The quantitative estimate of drug-likeness (QED) is 0.647. The minimum absolute atomic E-state index is 0.0393. The largest absolute Gasteiger partial charge is 0.475 e. The molecule has 0 spiro atoms. The van der Waals surface area contributed by atoms with Gasteiger partial charge in [-0.2, -0.15) is 0 Å². The van der Waals surface area contributed by atoms with Crippen molar-refractivity contribution in [1.29, 1.82) is 0 Å². The molecule has 0 aliphatic rings. The summed E-state index contributed by atoms with van der Waals surface area (Å²) in [6, 6.07) is 0. The molecule has 0 saturated heterocycles. The zero-order chi connectivity index (χ0) is 8.43. The molecule has 1 heterocycles. The van der Waals surface area contributed by atoms with Crippen LogP contribution in [0.2, 0.25) is 0 Å². The first-order valence-corrected chi connectivity index (χ1v) is 2.83. The topological polar surface area (TPSA) is 63.1 Å². The summed E-state index contributed by atoms with van der Waals surface area (Å²) in [4.78, 5) is 16.9. The van der Waals surface area contributed by atoms with Gasteiger partial charge in [0.2, 0.25) is 5.82 Å². The number of carboxylic acid groups (broad SMARTS) is 1. The van der Waals surface area contributed by atoms with Crippen molar-refractivity contribution < 1.29 is 14.3 Å². The summed E-state index contributed by atoms with van der Waals surface area (Å²) in [5, 5.41) is 8.35. The Morgan fingerprint density at radius 3 is 2.82 bits per heavy atom. The fourth-order valence-corrected chi connectivity index (χ4v) is 0.555. The Morgan fingerprint density at radius 1 is 1.73 bits per heavy atom. The average Bonchev–Trinajstić information content (AvgIpc) is 1.94. The molecule has 5 heteroatoms. The highest BCUT2D eigenvalue weighted by molar-refractivity contribution is 5.82. The van der Waals surface area contributed by atoms with E-state index in [2.05, 4.69) is 9.97 Å². The van der Waals surface area contributed by atoms with Crippen LogP contribution in [-0.4, -0.2) is 21.0 Å². The average molecular weight is 156 g/mol. The number of hydrogen-bond acceptors (Lipinski definition) is 3. The van der Waals surface area contributed by atoms with Gasteiger partial charge in [-0.15, -0.1) is 0 Å². The number of nitrogens with zero attached hydrogens (tertiary/aromatic N) is 2. The molecule has 1 aromatic heterocycles. The highest BCUT2D eigenvalue weighted by atomic mass is 19.1. The summed E-state index contributed by atoms with van der Waals surface area (Å²) in [7, 11) is 0. The number of aromatic nitrogens is 2. The predicted molar refractivity (Wildman–Crippen MR) is 33.7 cm³/mol. The highest BCUT2D eigenvalue weighted by Crippen LogP contribution is 2.00. The Kier molecular flexibility index (Phi) is 1.80. The SMILES string of the molecule is Cc1nc(C(=O)O)ncc1F. The third-order valence-corrected chi connectivity index (χ3v) is 1.11. The van der Waals surface area contributed by atoms with Gasteiger partial charge in [0.15, 0.2) is 5.82 Å². The van der Waals surface area contributed by atoms with E-state index in [-0.39, 0.29) is 11.5 Å². The third-order valence-electron chi connectivity index (χ3n) is 1.11. The molecule has 0 saturated carbocycles. The Hall–Kier alpha value is -1.52. The van der Waals surface area contributed by atoms with E-state index in [4.69, 9.17) is 5.11 Å². The number of hydrogen-bond donors (Lipinski definition) is 1. The number of rotatable bonds is 1. The van der Waals surface area contributed by atoms with Crippen molar-refractivity contribution in [2.24, 2.45) is 0 Å². The molecular weight excluding hydrogens is 151 g/mol. The van der Waals surface area contributed by atoms with Gasteiger partial charge in [0.25, 0.3) is 0 Å². The number of aryl methyl sites for hydroxylation is 1. The van der Waals surface area contributed by atoms with E-state index < -0.39 is 11.8 Å². The molecular formula is C6H5FN2O2. The van der Waals surface area contributed by atoms with Crippen LogP contribution in [-0.2, 0) is 0 Å². The van der Waals surface area contributed by atoms with E-state index in [1.165, 1.54) is 6.92 Å². The van der Waals surface area contributed by atoms with E-state index in [9.17, 15) is 9.18 Å². The van der Waals surface area contributed by atoms with Crippen molar-refractivity contribution >= 4 is 5.97 Å². The van der Waals surface area contributed by atoms with Crippen LogP contribution in [0.4, 0.5) is 4.39 Å². The van der Waals surface area contributed by atoms with E-state index in [1.807, 2.05) is 0 Å². The van der Waals surface area contributed by atoms with Crippen LogP contribution in [0.3, 0.4) is 0 Å². The Morgan fingerprint density at radius 2 is 2.36 bits per heavy atom. The zero-order valence-electron chi connectivity index (χ0n) is 5.71. The minimum atomic E-state index is -1.26. The molecule has 0 unspecified atom stereocenters. The van der Waals surface area contributed by atoms with Gasteiger partial charge < -0.3 is 5.11 Å². The fourth-order valence-electron chi connectivity index (χ4n) is 0.555. The van der Waals surface area contributed by atoms with Crippen molar-refractivity contribution in [2.75, 3.05) is 0 Å². The van der Waals surface area contributed by atoms with Crippen molar-refractivity contribution in [2.45, 2.75) is 6.92 Å². The van der Waals surface area contributed by atoms with Crippen LogP contribution in [0.1, 0.15) is 16.3 Å². The Bertz CT molecular complexity index is 301. The lowest BCUT2D eigenvalue weighted by atomic mass is 10.4. The molecule has 0 aliphatic carbocycles. The number of halogens is 1. The van der Waals surface area contributed by atoms with Crippen LogP contribution in [0.15, 0.2) is 6.20 Å². The normalized spacial score (nSPS) is 9.64. The van der Waals surface area contributed by atoms with E-state index in [1.54, 1.807) is 0 Å². The molecule has 1 N–H and O–H groups in total. The number of carbonyl (C=O) groups is 1. The summed E-state index contributed by atoms with van der Waals surface area (Å²) in [5.74, 6) is -2.24. The van der Waals surface area contributed by atoms with Crippen LogP contribution < -0.4 is 0 Å². The number of carboxylic acids is 1. The summed E-state index contributed by atoms with van der Waals surface area (Å²) < 4.78 is 12.4. The lowest BCUT2D eigenvalue weighted by Gasteiger charge is -1.94. The van der Waals surface area contributed by atoms with Gasteiger partial charge in [-0.3, -0.25) is 0 Å². The molecule has 1 rings (SSSR count). The second kappa shape index (κ2) is 2.61. The van der Waals surface area contributed by atoms with Crippen molar-refractivity contribution in [3.05, 3.63) is 23.5 Å². The maximum atomic E-state index is 12.4. The maximum absolute atomic E-state index is 12.4. The van der Waals surface area contributed by atoms with Gasteiger partial charge in [0, 0.05) is 0 Å². The predicted octanol–water partition coefficient (Wildman–Crippen LogP) is 0.622. The van der Waals surface area contributed by atoms with Crippen LogP contribution in [0, 0.1) is 12.7 Å². The molecule has 11 heavy (non-hydrogen) atoms. The smallest absolute Gasteiger partial charge is 0.373 e.